The van der Waals surface area contributed by atoms with E-state index in [-0.39, 0.29) is 23.0 Å². The van der Waals surface area contributed by atoms with Crippen molar-refractivity contribution in [3.8, 4) is 22.8 Å². The van der Waals surface area contributed by atoms with Crippen molar-refractivity contribution < 1.29 is 13.3 Å². The van der Waals surface area contributed by atoms with Crippen LogP contribution in [-0.4, -0.2) is 10.1 Å². The summed E-state index contributed by atoms with van der Waals surface area (Å²) < 4.78 is 31.4. The summed E-state index contributed by atoms with van der Waals surface area (Å²) in [5.41, 5.74) is 6.33. The number of anilines is 1. The van der Waals surface area contributed by atoms with Crippen LogP contribution in [-0.2, 0) is 0 Å². The molecule has 0 bridgehead atoms. The molecular formula is C14H8ClF2N3O. The minimum Gasteiger partial charge on any atom is -0.398 e. The Bertz CT molecular complexity index is 820. The van der Waals surface area contributed by atoms with Gasteiger partial charge in [0.15, 0.2) is 11.6 Å². The van der Waals surface area contributed by atoms with Gasteiger partial charge in [-0.2, -0.15) is 4.98 Å². The fourth-order valence-corrected chi connectivity index (χ4v) is 2.05. The Morgan fingerprint density at radius 3 is 2.52 bits per heavy atom. The second-order valence-corrected chi connectivity index (χ2v) is 4.66. The van der Waals surface area contributed by atoms with Crippen molar-refractivity contribution in [1.82, 2.24) is 10.1 Å². The molecule has 3 aromatic rings. The van der Waals surface area contributed by atoms with Gasteiger partial charge >= 0.3 is 0 Å². The minimum absolute atomic E-state index is 0.00302. The molecule has 0 unspecified atom stereocenters. The fourth-order valence-electron chi connectivity index (χ4n) is 1.83. The van der Waals surface area contributed by atoms with Gasteiger partial charge in [-0.05, 0) is 18.2 Å². The molecule has 2 N–H and O–H groups in total. The Hall–Kier alpha value is -2.47. The van der Waals surface area contributed by atoms with E-state index in [2.05, 4.69) is 10.1 Å². The van der Waals surface area contributed by atoms with Gasteiger partial charge in [-0.15, -0.1) is 0 Å². The third-order valence-electron chi connectivity index (χ3n) is 2.86. The molecule has 0 spiro atoms. The van der Waals surface area contributed by atoms with Crippen molar-refractivity contribution in [3.63, 3.8) is 0 Å². The van der Waals surface area contributed by atoms with Crippen LogP contribution in [0.25, 0.3) is 22.8 Å². The number of aromatic nitrogens is 2. The average Bonchev–Trinajstić information content (AvgIpc) is 2.92. The Labute approximate surface area is 123 Å². The molecule has 21 heavy (non-hydrogen) atoms. The van der Waals surface area contributed by atoms with Crippen molar-refractivity contribution in [2.45, 2.75) is 0 Å². The van der Waals surface area contributed by atoms with Crippen LogP contribution < -0.4 is 5.73 Å². The maximum absolute atomic E-state index is 13.3. The lowest BCUT2D eigenvalue weighted by molar-refractivity contribution is 0.431. The summed E-state index contributed by atoms with van der Waals surface area (Å²) in [7, 11) is 0. The highest BCUT2D eigenvalue weighted by atomic mass is 35.5. The van der Waals surface area contributed by atoms with E-state index < -0.39 is 11.6 Å². The summed E-state index contributed by atoms with van der Waals surface area (Å²) in [6.07, 6.45) is 0. The monoisotopic (exact) mass is 307 g/mol. The summed E-state index contributed by atoms with van der Waals surface area (Å²) in [4.78, 5) is 4.11. The van der Waals surface area contributed by atoms with Crippen molar-refractivity contribution >= 4 is 17.3 Å². The van der Waals surface area contributed by atoms with E-state index in [0.717, 1.165) is 12.1 Å². The van der Waals surface area contributed by atoms with Crippen LogP contribution in [0.2, 0.25) is 5.02 Å². The zero-order valence-corrected chi connectivity index (χ0v) is 11.2. The molecule has 106 valence electrons. The van der Waals surface area contributed by atoms with Crippen molar-refractivity contribution in [2.75, 3.05) is 5.73 Å². The molecule has 0 aliphatic carbocycles. The topological polar surface area (TPSA) is 64.9 Å². The lowest BCUT2D eigenvalue weighted by atomic mass is 10.1. The first-order valence-corrected chi connectivity index (χ1v) is 6.27. The number of benzene rings is 2. The fraction of sp³-hybridized carbons (Fsp3) is 0. The summed E-state index contributed by atoms with van der Waals surface area (Å²) in [5, 5.41) is 4.22. The van der Waals surface area contributed by atoms with E-state index >= 15 is 0 Å². The van der Waals surface area contributed by atoms with Gasteiger partial charge in [0.1, 0.15) is 0 Å². The summed E-state index contributed by atoms with van der Waals surface area (Å²) in [6.45, 7) is 0. The SMILES string of the molecule is Nc1cc(F)c(F)cc1-c1nc(-c2ccccc2Cl)no1. The minimum atomic E-state index is -1.04. The molecule has 0 saturated carbocycles. The van der Waals surface area contributed by atoms with E-state index in [9.17, 15) is 8.78 Å². The van der Waals surface area contributed by atoms with Gasteiger partial charge in [0.2, 0.25) is 5.82 Å². The number of nitrogens with two attached hydrogens (primary N) is 1. The smallest absolute Gasteiger partial charge is 0.260 e. The third-order valence-corrected chi connectivity index (χ3v) is 3.19. The number of nitrogens with zero attached hydrogens (tertiary/aromatic N) is 2. The van der Waals surface area contributed by atoms with E-state index in [1.807, 2.05) is 0 Å². The van der Waals surface area contributed by atoms with Gasteiger partial charge in [-0.3, -0.25) is 0 Å². The summed E-state index contributed by atoms with van der Waals surface area (Å²) >= 11 is 6.04. The second-order valence-electron chi connectivity index (χ2n) is 4.26. The largest absolute Gasteiger partial charge is 0.398 e. The number of hydrogen-bond acceptors (Lipinski definition) is 4. The quantitative estimate of drug-likeness (QED) is 0.729. The van der Waals surface area contributed by atoms with Crippen LogP contribution >= 0.6 is 11.6 Å². The van der Waals surface area contributed by atoms with Crippen LogP contribution in [0, 0.1) is 11.6 Å². The molecule has 4 nitrogen and oxygen atoms in total. The molecule has 1 aromatic heterocycles. The lowest BCUT2D eigenvalue weighted by Crippen LogP contribution is -1.95. The normalized spacial score (nSPS) is 10.8. The van der Waals surface area contributed by atoms with Gasteiger partial charge in [-0.25, -0.2) is 8.78 Å². The Morgan fingerprint density at radius 2 is 1.76 bits per heavy atom. The van der Waals surface area contributed by atoms with Crippen LogP contribution in [0.1, 0.15) is 0 Å². The van der Waals surface area contributed by atoms with Crippen molar-refractivity contribution in [1.29, 1.82) is 0 Å². The third kappa shape index (κ3) is 2.45. The van der Waals surface area contributed by atoms with E-state index in [4.69, 9.17) is 21.9 Å². The first kappa shape index (κ1) is 13.5. The van der Waals surface area contributed by atoms with E-state index in [1.54, 1.807) is 24.3 Å². The molecule has 0 fully saturated rings. The van der Waals surface area contributed by atoms with Gasteiger partial charge < -0.3 is 10.3 Å². The second kappa shape index (κ2) is 5.14. The molecule has 0 aliphatic heterocycles. The molecular weight excluding hydrogens is 300 g/mol. The Kier molecular flexibility index (Phi) is 3.31. The van der Waals surface area contributed by atoms with Crippen molar-refractivity contribution in [3.05, 3.63) is 53.1 Å². The molecule has 7 heteroatoms. The predicted molar refractivity (Wildman–Crippen MR) is 74.5 cm³/mol. The van der Waals surface area contributed by atoms with Crippen LogP contribution in [0.15, 0.2) is 40.9 Å². The Morgan fingerprint density at radius 1 is 1.05 bits per heavy atom. The zero-order chi connectivity index (χ0) is 15.0. The van der Waals surface area contributed by atoms with Gasteiger partial charge in [-0.1, -0.05) is 28.9 Å². The number of hydrogen-bond donors (Lipinski definition) is 1. The lowest BCUT2D eigenvalue weighted by Gasteiger charge is -2.01. The zero-order valence-electron chi connectivity index (χ0n) is 10.5. The standard InChI is InChI=1S/C14H8ClF2N3O/c15-9-4-2-1-3-7(9)13-19-14(21-20-13)8-5-10(16)11(17)6-12(8)18/h1-6H,18H2. The average molecular weight is 308 g/mol. The van der Waals surface area contributed by atoms with Crippen LogP contribution in [0.3, 0.4) is 0 Å². The molecule has 0 saturated heterocycles. The van der Waals surface area contributed by atoms with Crippen LogP contribution in [0.4, 0.5) is 14.5 Å². The Balaban J connectivity index is 2.07. The number of rotatable bonds is 2. The predicted octanol–water partition coefficient (Wildman–Crippen LogP) is 3.92. The van der Waals surface area contributed by atoms with Crippen molar-refractivity contribution in [2.24, 2.45) is 0 Å². The number of halogens is 3. The summed E-state index contributed by atoms with van der Waals surface area (Å²) in [5.74, 6) is -1.86. The van der Waals surface area contributed by atoms with Gasteiger partial charge in [0, 0.05) is 17.3 Å². The number of nitrogen functional groups attached to an aromatic ring is 1. The van der Waals surface area contributed by atoms with E-state index in [0.29, 0.717) is 10.6 Å². The first-order chi connectivity index (χ1) is 10.1. The summed E-state index contributed by atoms with van der Waals surface area (Å²) in [6, 6.07) is 8.70. The highest BCUT2D eigenvalue weighted by molar-refractivity contribution is 6.33. The molecule has 0 aliphatic rings. The first-order valence-electron chi connectivity index (χ1n) is 5.90. The van der Waals surface area contributed by atoms with E-state index in [1.165, 1.54) is 0 Å². The molecule has 2 aromatic carbocycles. The maximum atomic E-state index is 13.3. The van der Waals surface area contributed by atoms with Crippen LogP contribution in [0.5, 0.6) is 0 Å². The molecule has 0 amide bonds. The maximum Gasteiger partial charge on any atom is 0.260 e. The highest BCUT2D eigenvalue weighted by Gasteiger charge is 2.17. The molecule has 1 heterocycles. The highest BCUT2D eigenvalue weighted by Crippen LogP contribution is 2.30. The molecule has 3 rings (SSSR count). The van der Waals surface area contributed by atoms with Gasteiger partial charge in [0.25, 0.3) is 5.89 Å². The van der Waals surface area contributed by atoms with Gasteiger partial charge in [0.05, 0.1) is 10.6 Å². The molecule has 0 radical (unpaired) electrons. The molecule has 0 atom stereocenters.